The molecule has 0 radical (unpaired) electrons. The standard InChI is InChI=1S/C17H28.C16H26.C10H20/c1-5-11-10(4)14-7-15(11)17-13-6-12(16(14)17)8(2)9(13)3;1-7-8(2)12-5-11(7)15-13-6-14(16(12)15)10(4)9(13)3;1-7-5-9(3)10(4)6-8(7)2/h8-17H,5-7H2,1-4H3;7-16H,5-6H2,1-4H3;7-10H,5-6H2,1-4H3. The van der Waals surface area contributed by atoms with Crippen LogP contribution in [0.15, 0.2) is 0 Å². The highest BCUT2D eigenvalue weighted by Crippen LogP contribution is 2.74. The Morgan fingerprint density at radius 3 is 0.814 bits per heavy atom. The van der Waals surface area contributed by atoms with Gasteiger partial charge in [0.25, 0.3) is 0 Å². The number of rotatable bonds is 1. The third-order valence-corrected chi connectivity index (χ3v) is 19.4. The van der Waals surface area contributed by atoms with Gasteiger partial charge in [-0.3, -0.25) is 0 Å². The molecule has 9 aliphatic rings. The summed E-state index contributed by atoms with van der Waals surface area (Å²) in [7, 11) is 0. The lowest BCUT2D eigenvalue weighted by molar-refractivity contribution is 0.0174. The van der Waals surface area contributed by atoms with E-state index in [1.54, 1.807) is 25.7 Å². The fourth-order valence-corrected chi connectivity index (χ4v) is 16.3. The second kappa shape index (κ2) is 11.3. The van der Waals surface area contributed by atoms with Crippen LogP contribution in [0.2, 0.25) is 0 Å². The van der Waals surface area contributed by atoms with Crippen LogP contribution in [0, 0.1) is 142 Å². The van der Waals surface area contributed by atoms with Gasteiger partial charge in [0.2, 0.25) is 0 Å². The zero-order valence-electron chi connectivity index (χ0n) is 30.8. The average molecular weight is 591 g/mol. The molecule has 9 fully saturated rings. The normalized spacial score (nSPS) is 64.7. The summed E-state index contributed by atoms with van der Waals surface area (Å²) in [6, 6.07) is 0. The minimum atomic E-state index is 0.964. The van der Waals surface area contributed by atoms with Crippen LogP contribution in [-0.4, -0.2) is 0 Å². The monoisotopic (exact) mass is 591 g/mol. The van der Waals surface area contributed by atoms with E-state index in [0.29, 0.717) is 0 Å². The number of hydrogen-bond donors (Lipinski definition) is 0. The van der Waals surface area contributed by atoms with Crippen molar-refractivity contribution in [3.63, 3.8) is 0 Å². The maximum Gasteiger partial charge on any atom is -0.0318 e. The molecule has 0 aliphatic heterocycles. The summed E-state index contributed by atoms with van der Waals surface area (Å²) in [4.78, 5) is 0. The molecule has 0 aromatic rings. The van der Waals surface area contributed by atoms with Crippen LogP contribution in [0.25, 0.3) is 0 Å². The molecular weight excluding hydrogens is 516 g/mol. The molecule has 0 aromatic carbocycles. The van der Waals surface area contributed by atoms with Gasteiger partial charge in [0.05, 0.1) is 0 Å². The molecule has 22 atom stereocenters. The molecule has 0 spiro atoms. The fourth-order valence-electron chi connectivity index (χ4n) is 16.3. The molecule has 0 N–H and O–H groups in total. The van der Waals surface area contributed by atoms with E-state index in [1.165, 1.54) is 19.3 Å². The molecule has 0 heteroatoms. The van der Waals surface area contributed by atoms with Gasteiger partial charge >= 0.3 is 0 Å². The Labute approximate surface area is 269 Å². The van der Waals surface area contributed by atoms with E-state index in [-0.39, 0.29) is 0 Å². The first-order valence-electron chi connectivity index (χ1n) is 20.4. The molecule has 43 heavy (non-hydrogen) atoms. The summed E-state index contributed by atoms with van der Waals surface area (Å²) in [5.41, 5.74) is 0. The molecule has 0 saturated heterocycles. The van der Waals surface area contributed by atoms with E-state index in [2.05, 4.69) is 83.1 Å². The van der Waals surface area contributed by atoms with E-state index in [4.69, 9.17) is 0 Å². The maximum absolute atomic E-state index is 2.58. The van der Waals surface area contributed by atoms with E-state index < -0.39 is 0 Å². The van der Waals surface area contributed by atoms with Gasteiger partial charge in [0.1, 0.15) is 0 Å². The van der Waals surface area contributed by atoms with Crippen LogP contribution in [0.3, 0.4) is 0 Å². The van der Waals surface area contributed by atoms with Crippen molar-refractivity contribution in [2.45, 2.75) is 128 Å². The Balaban J connectivity index is 0.000000109. The van der Waals surface area contributed by atoms with Crippen molar-refractivity contribution in [1.82, 2.24) is 0 Å². The predicted octanol–water partition coefficient (Wildman–Crippen LogP) is 11.8. The first-order chi connectivity index (χ1) is 20.4. The maximum atomic E-state index is 2.58. The zero-order chi connectivity index (χ0) is 30.8. The van der Waals surface area contributed by atoms with Gasteiger partial charge in [-0.25, -0.2) is 0 Å². The third-order valence-electron chi connectivity index (χ3n) is 19.4. The van der Waals surface area contributed by atoms with Crippen molar-refractivity contribution in [1.29, 1.82) is 0 Å². The minimum absolute atomic E-state index is 0.964. The Kier molecular flexibility index (Phi) is 8.31. The molecule has 246 valence electrons. The van der Waals surface area contributed by atoms with Gasteiger partial charge in [-0.05, 0) is 181 Å². The van der Waals surface area contributed by atoms with E-state index in [0.717, 1.165) is 142 Å². The molecule has 22 unspecified atom stereocenters. The van der Waals surface area contributed by atoms with Crippen LogP contribution in [0.4, 0.5) is 0 Å². The molecule has 9 aliphatic carbocycles. The molecule has 8 bridgehead atoms. The van der Waals surface area contributed by atoms with Gasteiger partial charge in [-0.1, -0.05) is 89.5 Å². The summed E-state index contributed by atoms with van der Waals surface area (Å²) in [5.74, 6) is 25.8. The lowest BCUT2D eigenvalue weighted by atomic mass is 9.59. The highest BCUT2D eigenvalue weighted by Gasteiger charge is 2.68. The molecule has 0 nitrogen and oxygen atoms in total. The van der Waals surface area contributed by atoms with Crippen molar-refractivity contribution < 1.29 is 0 Å². The molecule has 0 amide bonds. The zero-order valence-corrected chi connectivity index (χ0v) is 30.8. The highest BCUT2D eigenvalue weighted by atomic mass is 14.7. The molecule has 9 rings (SSSR count). The largest absolute Gasteiger partial charge is 0.0651 e. The Morgan fingerprint density at radius 2 is 0.535 bits per heavy atom. The van der Waals surface area contributed by atoms with Gasteiger partial charge in [-0.2, -0.15) is 0 Å². The van der Waals surface area contributed by atoms with Gasteiger partial charge in [0, 0.05) is 0 Å². The average Bonchev–Trinajstić information content (AvgIpc) is 3.82. The molecule has 9 saturated carbocycles. The van der Waals surface area contributed by atoms with Gasteiger partial charge < -0.3 is 0 Å². The first-order valence-corrected chi connectivity index (χ1v) is 20.4. The Bertz CT molecular complexity index is 910. The predicted molar refractivity (Wildman–Crippen MR) is 184 cm³/mol. The topological polar surface area (TPSA) is 0 Å². The summed E-state index contributed by atoms with van der Waals surface area (Å²) in [5, 5.41) is 0. The molecular formula is C43H74. The van der Waals surface area contributed by atoms with Crippen LogP contribution in [0.5, 0.6) is 0 Å². The number of fused-ring (bicyclic) bond motifs is 18. The lowest BCUT2D eigenvalue weighted by Crippen LogP contribution is -2.41. The first kappa shape index (κ1) is 31.6. The van der Waals surface area contributed by atoms with E-state index >= 15 is 0 Å². The van der Waals surface area contributed by atoms with Crippen molar-refractivity contribution in [2.24, 2.45) is 142 Å². The quantitative estimate of drug-likeness (QED) is 0.266. The van der Waals surface area contributed by atoms with Crippen molar-refractivity contribution in [3.05, 3.63) is 0 Å². The smallest absolute Gasteiger partial charge is 0.0318 e. The van der Waals surface area contributed by atoms with Gasteiger partial charge in [0.15, 0.2) is 0 Å². The fraction of sp³-hybridized carbons (Fsp3) is 1.00. The highest BCUT2D eigenvalue weighted by molar-refractivity contribution is 5.16. The lowest BCUT2D eigenvalue weighted by Gasteiger charge is -2.46. The summed E-state index contributed by atoms with van der Waals surface area (Å²) < 4.78 is 0. The summed E-state index contributed by atoms with van der Waals surface area (Å²) in [6.07, 6.45) is 10.8. The Morgan fingerprint density at radius 1 is 0.302 bits per heavy atom. The van der Waals surface area contributed by atoms with Gasteiger partial charge in [-0.15, -0.1) is 0 Å². The minimum Gasteiger partial charge on any atom is -0.0651 e. The van der Waals surface area contributed by atoms with Crippen molar-refractivity contribution in [2.75, 3.05) is 0 Å². The molecule has 0 heterocycles. The van der Waals surface area contributed by atoms with Crippen molar-refractivity contribution in [3.8, 4) is 0 Å². The third kappa shape index (κ3) is 4.51. The molecule has 0 aromatic heterocycles. The second-order valence-electron chi connectivity index (χ2n) is 20.0. The summed E-state index contributed by atoms with van der Waals surface area (Å²) >= 11 is 0. The van der Waals surface area contributed by atoms with Crippen LogP contribution >= 0.6 is 0 Å². The Hall–Kier alpha value is 0. The SMILES string of the molecule is CC1C(C)C2CC1C1C3CC(C(C)C3C)C21.CC1CC(C)C(C)CC1C.CCC1C(C)C2CC1C1C3CC(C(C)C3C)C21. The summed E-state index contributed by atoms with van der Waals surface area (Å²) in [6.45, 7) is 29.9. The van der Waals surface area contributed by atoms with E-state index in [9.17, 15) is 0 Å². The van der Waals surface area contributed by atoms with Crippen LogP contribution in [0.1, 0.15) is 128 Å². The second-order valence-corrected chi connectivity index (χ2v) is 20.0. The number of hydrogen-bond acceptors (Lipinski definition) is 0. The van der Waals surface area contributed by atoms with Crippen LogP contribution in [-0.2, 0) is 0 Å². The van der Waals surface area contributed by atoms with Crippen molar-refractivity contribution >= 4 is 0 Å². The van der Waals surface area contributed by atoms with Crippen LogP contribution < -0.4 is 0 Å². The van der Waals surface area contributed by atoms with E-state index in [1.807, 2.05) is 0 Å².